The zero-order chi connectivity index (χ0) is 20.2. The van der Waals surface area contributed by atoms with Gasteiger partial charge in [0.2, 0.25) is 0 Å². The van der Waals surface area contributed by atoms with Crippen molar-refractivity contribution in [2.75, 3.05) is 26.2 Å². The highest BCUT2D eigenvalue weighted by atomic mass is 35.5. The lowest BCUT2D eigenvalue weighted by Gasteiger charge is -2.30. The van der Waals surface area contributed by atoms with Crippen molar-refractivity contribution in [1.82, 2.24) is 4.90 Å². The Hall–Kier alpha value is -2.05. The molecule has 0 saturated carbocycles. The van der Waals surface area contributed by atoms with E-state index < -0.39 is 11.9 Å². The average molecular weight is 398 g/mol. The standard InChI is InChI=1S/C18H26ClNO.C2H2O4/c1-3-6-16-13-17(19)8-9-18(16)21-12-5-11-20-10-4-7-15(2)14-20;3-1(4)2(5)6/h3,8-9,13,15H,1,4-7,10-12,14H2,2H3;(H,3,4)(H,5,6). The molecule has 1 aliphatic rings. The van der Waals surface area contributed by atoms with Crippen molar-refractivity contribution in [2.45, 2.75) is 32.6 Å². The Bertz CT molecular complexity index is 623. The minimum absolute atomic E-state index is 0.751. The topological polar surface area (TPSA) is 87.1 Å². The van der Waals surface area contributed by atoms with E-state index >= 15 is 0 Å². The quantitative estimate of drug-likeness (QED) is 0.414. The van der Waals surface area contributed by atoms with Crippen LogP contribution in [0.25, 0.3) is 0 Å². The summed E-state index contributed by atoms with van der Waals surface area (Å²) in [7, 11) is 0. The van der Waals surface area contributed by atoms with Gasteiger partial charge >= 0.3 is 11.9 Å². The number of ether oxygens (including phenoxy) is 1. The fourth-order valence-electron chi connectivity index (χ4n) is 2.96. The zero-order valence-electron chi connectivity index (χ0n) is 15.7. The average Bonchev–Trinajstić information content (AvgIpc) is 2.61. The number of rotatable bonds is 7. The number of piperidine rings is 1. The van der Waals surface area contributed by atoms with Crippen LogP contribution in [-0.4, -0.2) is 53.3 Å². The lowest BCUT2D eigenvalue weighted by Crippen LogP contribution is -2.35. The molecule has 150 valence electrons. The van der Waals surface area contributed by atoms with Crippen molar-refractivity contribution in [3.8, 4) is 5.75 Å². The van der Waals surface area contributed by atoms with E-state index in [2.05, 4.69) is 18.4 Å². The van der Waals surface area contributed by atoms with Crippen molar-refractivity contribution in [1.29, 1.82) is 0 Å². The van der Waals surface area contributed by atoms with E-state index in [1.165, 1.54) is 25.9 Å². The number of carboxylic acid groups (broad SMARTS) is 2. The van der Waals surface area contributed by atoms with Gasteiger partial charge in [0.15, 0.2) is 0 Å². The molecule has 0 bridgehead atoms. The summed E-state index contributed by atoms with van der Waals surface area (Å²) < 4.78 is 5.93. The first-order chi connectivity index (χ1) is 12.8. The molecule has 0 aliphatic carbocycles. The van der Waals surface area contributed by atoms with Crippen LogP contribution < -0.4 is 4.74 Å². The van der Waals surface area contributed by atoms with E-state index in [0.29, 0.717) is 0 Å². The van der Waals surface area contributed by atoms with Gasteiger partial charge in [0, 0.05) is 18.1 Å². The molecule has 1 saturated heterocycles. The van der Waals surface area contributed by atoms with Gasteiger partial charge in [-0.15, -0.1) is 6.58 Å². The van der Waals surface area contributed by atoms with E-state index in [-0.39, 0.29) is 0 Å². The van der Waals surface area contributed by atoms with Gasteiger partial charge in [-0.1, -0.05) is 24.6 Å². The molecule has 1 unspecified atom stereocenters. The summed E-state index contributed by atoms with van der Waals surface area (Å²) in [5, 5.41) is 15.5. The van der Waals surface area contributed by atoms with Gasteiger partial charge in [0.25, 0.3) is 0 Å². The normalized spacial score (nSPS) is 16.7. The largest absolute Gasteiger partial charge is 0.493 e. The number of aliphatic carboxylic acids is 2. The summed E-state index contributed by atoms with van der Waals surface area (Å²) >= 11 is 6.03. The summed E-state index contributed by atoms with van der Waals surface area (Å²) in [6.07, 6.45) is 6.46. The smallest absolute Gasteiger partial charge is 0.414 e. The number of hydrogen-bond donors (Lipinski definition) is 2. The summed E-state index contributed by atoms with van der Waals surface area (Å²) in [5.41, 5.74) is 1.11. The van der Waals surface area contributed by atoms with Crippen LogP contribution in [-0.2, 0) is 16.0 Å². The first kappa shape index (κ1) is 23.0. The van der Waals surface area contributed by atoms with Gasteiger partial charge in [-0.2, -0.15) is 0 Å². The Balaban J connectivity index is 0.000000527. The number of halogens is 1. The molecule has 0 amide bonds. The SMILES string of the molecule is C=CCc1cc(Cl)ccc1OCCCN1CCCC(C)C1.O=C(O)C(=O)O. The molecular formula is C20H28ClNO5. The molecule has 1 aromatic rings. The van der Waals surface area contributed by atoms with Crippen LogP contribution in [0.1, 0.15) is 31.7 Å². The molecule has 0 aromatic heterocycles. The Morgan fingerprint density at radius 3 is 2.67 bits per heavy atom. The summed E-state index contributed by atoms with van der Waals surface area (Å²) in [6.45, 7) is 10.5. The molecule has 1 aliphatic heterocycles. The second-order valence-corrected chi connectivity index (χ2v) is 7.04. The predicted octanol–water partition coefficient (Wildman–Crippen LogP) is 3.72. The molecule has 27 heavy (non-hydrogen) atoms. The molecule has 1 atom stereocenters. The van der Waals surface area contributed by atoms with Crippen LogP contribution in [0.2, 0.25) is 5.02 Å². The zero-order valence-corrected chi connectivity index (χ0v) is 16.5. The highest BCUT2D eigenvalue weighted by Gasteiger charge is 2.15. The number of nitrogens with zero attached hydrogens (tertiary/aromatic N) is 1. The number of hydrogen-bond acceptors (Lipinski definition) is 4. The van der Waals surface area contributed by atoms with Gasteiger partial charge in [-0.3, -0.25) is 0 Å². The molecule has 1 heterocycles. The van der Waals surface area contributed by atoms with Crippen LogP contribution in [0.15, 0.2) is 30.9 Å². The van der Waals surface area contributed by atoms with Crippen LogP contribution in [0, 0.1) is 5.92 Å². The number of carboxylic acids is 2. The highest BCUT2D eigenvalue weighted by Crippen LogP contribution is 2.24. The maximum atomic E-state index is 9.10. The number of carbonyl (C=O) groups is 2. The molecule has 2 N–H and O–H groups in total. The second kappa shape index (κ2) is 12.4. The van der Waals surface area contributed by atoms with Crippen molar-refractivity contribution < 1.29 is 24.5 Å². The molecule has 0 radical (unpaired) electrons. The third kappa shape index (κ3) is 9.45. The summed E-state index contributed by atoms with van der Waals surface area (Å²) in [6, 6.07) is 5.81. The number of allylic oxidation sites excluding steroid dienone is 1. The first-order valence-corrected chi connectivity index (χ1v) is 9.42. The molecule has 0 spiro atoms. The number of benzene rings is 1. The van der Waals surface area contributed by atoms with Crippen LogP contribution >= 0.6 is 11.6 Å². The van der Waals surface area contributed by atoms with Gasteiger partial charge in [0.1, 0.15) is 5.75 Å². The van der Waals surface area contributed by atoms with Crippen LogP contribution in [0.4, 0.5) is 0 Å². The van der Waals surface area contributed by atoms with Crippen molar-refractivity contribution in [2.24, 2.45) is 5.92 Å². The Labute approximate surface area is 165 Å². The van der Waals surface area contributed by atoms with E-state index in [1.807, 2.05) is 24.3 Å². The molecule has 2 rings (SSSR count). The Kier molecular flexibility index (Phi) is 10.5. The fourth-order valence-corrected chi connectivity index (χ4v) is 3.16. The van der Waals surface area contributed by atoms with E-state index in [0.717, 1.165) is 48.2 Å². The lowest BCUT2D eigenvalue weighted by atomic mass is 10.0. The maximum Gasteiger partial charge on any atom is 0.414 e. The minimum Gasteiger partial charge on any atom is -0.493 e. The Morgan fingerprint density at radius 1 is 1.37 bits per heavy atom. The van der Waals surface area contributed by atoms with Gasteiger partial charge < -0.3 is 19.8 Å². The second-order valence-electron chi connectivity index (χ2n) is 6.61. The highest BCUT2D eigenvalue weighted by molar-refractivity contribution is 6.30. The van der Waals surface area contributed by atoms with Gasteiger partial charge in [0.05, 0.1) is 6.61 Å². The van der Waals surface area contributed by atoms with Crippen LogP contribution in [0.3, 0.4) is 0 Å². The van der Waals surface area contributed by atoms with E-state index in [1.54, 1.807) is 0 Å². The fraction of sp³-hybridized carbons (Fsp3) is 0.500. The van der Waals surface area contributed by atoms with Gasteiger partial charge in [-0.05, 0) is 61.9 Å². The monoisotopic (exact) mass is 397 g/mol. The molecular weight excluding hydrogens is 370 g/mol. The first-order valence-electron chi connectivity index (χ1n) is 9.04. The maximum absolute atomic E-state index is 9.10. The molecule has 6 nitrogen and oxygen atoms in total. The van der Waals surface area contributed by atoms with E-state index in [9.17, 15) is 0 Å². The lowest BCUT2D eigenvalue weighted by molar-refractivity contribution is -0.159. The predicted molar refractivity (Wildman–Crippen MR) is 106 cm³/mol. The van der Waals surface area contributed by atoms with Crippen molar-refractivity contribution in [3.05, 3.63) is 41.4 Å². The van der Waals surface area contributed by atoms with E-state index in [4.69, 9.17) is 36.1 Å². The third-order valence-corrected chi connectivity index (χ3v) is 4.42. The number of likely N-dealkylation sites (tertiary alicyclic amines) is 1. The third-order valence-electron chi connectivity index (χ3n) is 4.19. The summed E-state index contributed by atoms with van der Waals surface area (Å²) in [5.74, 6) is -1.87. The molecule has 7 heteroatoms. The molecule has 1 fully saturated rings. The van der Waals surface area contributed by atoms with Gasteiger partial charge in [-0.25, -0.2) is 9.59 Å². The summed E-state index contributed by atoms with van der Waals surface area (Å²) in [4.78, 5) is 20.8. The Morgan fingerprint density at radius 2 is 2.07 bits per heavy atom. The van der Waals surface area contributed by atoms with Crippen molar-refractivity contribution in [3.63, 3.8) is 0 Å². The molecule has 1 aromatic carbocycles. The van der Waals surface area contributed by atoms with Crippen LogP contribution in [0.5, 0.6) is 5.75 Å². The van der Waals surface area contributed by atoms with Crippen molar-refractivity contribution >= 4 is 23.5 Å². The minimum atomic E-state index is -1.82.